The molecular formula is C17H17NO8S. The first-order chi connectivity index (χ1) is 12.7. The molecule has 144 valence electrons. The lowest BCUT2D eigenvalue weighted by Crippen LogP contribution is -2.26. The molecule has 0 saturated carbocycles. The first-order valence-electron chi connectivity index (χ1n) is 7.85. The van der Waals surface area contributed by atoms with Gasteiger partial charge in [-0.05, 0) is 50.2 Å². The van der Waals surface area contributed by atoms with Crippen LogP contribution in [0.15, 0.2) is 53.4 Å². The standard InChI is InChI=1S/C17H17NO8S/c1-3-24-17(19)12(2)25-14-8-10-16(11-9-14)27(22,23)26-15-6-4-13(5-7-15)18(20)21/h4-12H,3H2,1-2H3/t12-/m0/s1. The van der Waals surface area contributed by atoms with Gasteiger partial charge in [0.15, 0.2) is 6.10 Å². The fourth-order valence-corrected chi connectivity index (χ4v) is 2.93. The van der Waals surface area contributed by atoms with Crippen molar-refractivity contribution in [3.8, 4) is 11.5 Å². The molecule has 0 saturated heterocycles. The molecule has 0 aromatic heterocycles. The Labute approximate surface area is 155 Å². The molecule has 0 spiro atoms. The Morgan fingerprint density at radius 2 is 1.63 bits per heavy atom. The van der Waals surface area contributed by atoms with Crippen molar-refractivity contribution in [2.24, 2.45) is 0 Å². The smallest absolute Gasteiger partial charge is 0.347 e. The highest BCUT2D eigenvalue weighted by atomic mass is 32.2. The molecule has 0 aliphatic rings. The minimum absolute atomic E-state index is 0.0585. The van der Waals surface area contributed by atoms with Gasteiger partial charge in [0, 0.05) is 12.1 Å². The molecule has 0 aliphatic heterocycles. The molecular weight excluding hydrogens is 378 g/mol. The normalized spacial score (nSPS) is 12.1. The zero-order chi connectivity index (χ0) is 20.0. The molecule has 2 aromatic carbocycles. The van der Waals surface area contributed by atoms with E-state index in [0.717, 1.165) is 12.1 Å². The third-order valence-corrected chi connectivity index (χ3v) is 4.56. The summed E-state index contributed by atoms with van der Waals surface area (Å²) in [5.41, 5.74) is -0.183. The van der Waals surface area contributed by atoms with E-state index in [1.165, 1.54) is 43.3 Å². The van der Waals surface area contributed by atoms with Gasteiger partial charge in [0.2, 0.25) is 0 Å². The van der Waals surface area contributed by atoms with Crippen molar-refractivity contribution in [2.45, 2.75) is 24.8 Å². The number of hydrogen-bond acceptors (Lipinski definition) is 8. The summed E-state index contributed by atoms with van der Waals surface area (Å²) in [5.74, 6) is -0.308. The SMILES string of the molecule is CCOC(=O)[C@H](C)Oc1ccc(S(=O)(=O)Oc2ccc([N+](=O)[O-])cc2)cc1. The van der Waals surface area contributed by atoms with Crippen molar-refractivity contribution in [3.63, 3.8) is 0 Å². The maximum absolute atomic E-state index is 12.3. The highest BCUT2D eigenvalue weighted by Crippen LogP contribution is 2.23. The number of nitro groups is 1. The van der Waals surface area contributed by atoms with Crippen LogP contribution in [0.5, 0.6) is 11.5 Å². The van der Waals surface area contributed by atoms with Crippen LogP contribution in [-0.4, -0.2) is 32.0 Å². The van der Waals surface area contributed by atoms with Crippen LogP contribution in [0.1, 0.15) is 13.8 Å². The molecule has 0 N–H and O–H groups in total. The van der Waals surface area contributed by atoms with Gasteiger partial charge >= 0.3 is 16.1 Å². The summed E-state index contributed by atoms with van der Waals surface area (Å²) in [6.45, 7) is 3.42. The second-order valence-corrected chi connectivity index (χ2v) is 6.82. The van der Waals surface area contributed by atoms with Gasteiger partial charge < -0.3 is 13.7 Å². The molecule has 0 radical (unpaired) electrons. The highest BCUT2D eigenvalue weighted by molar-refractivity contribution is 7.87. The van der Waals surface area contributed by atoms with Crippen molar-refractivity contribution in [2.75, 3.05) is 6.61 Å². The predicted octanol–water partition coefficient (Wildman–Crippen LogP) is 2.69. The quantitative estimate of drug-likeness (QED) is 0.289. The second-order valence-electron chi connectivity index (χ2n) is 5.27. The summed E-state index contributed by atoms with van der Waals surface area (Å²) in [5, 5.41) is 10.6. The van der Waals surface area contributed by atoms with E-state index in [0.29, 0.717) is 0 Å². The Kier molecular flexibility index (Phi) is 6.35. The average Bonchev–Trinajstić information content (AvgIpc) is 2.62. The number of nitrogens with zero attached hydrogens (tertiary/aromatic N) is 1. The number of nitro benzene ring substituents is 1. The van der Waals surface area contributed by atoms with Crippen LogP contribution in [0.2, 0.25) is 0 Å². The van der Waals surface area contributed by atoms with Crippen LogP contribution in [0.25, 0.3) is 0 Å². The molecule has 9 nitrogen and oxygen atoms in total. The van der Waals surface area contributed by atoms with Crippen LogP contribution in [0, 0.1) is 10.1 Å². The maximum Gasteiger partial charge on any atom is 0.347 e. The third kappa shape index (κ3) is 5.42. The Morgan fingerprint density at radius 1 is 1.07 bits per heavy atom. The van der Waals surface area contributed by atoms with Gasteiger partial charge in [-0.25, -0.2) is 4.79 Å². The van der Waals surface area contributed by atoms with Crippen LogP contribution in [0.3, 0.4) is 0 Å². The number of carbonyl (C=O) groups excluding carboxylic acids is 1. The van der Waals surface area contributed by atoms with Crippen molar-refractivity contribution in [1.82, 2.24) is 0 Å². The van der Waals surface area contributed by atoms with E-state index in [1.807, 2.05) is 0 Å². The minimum atomic E-state index is -4.13. The number of carbonyl (C=O) groups is 1. The van der Waals surface area contributed by atoms with Gasteiger partial charge in [0.25, 0.3) is 5.69 Å². The van der Waals surface area contributed by atoms with Crippen LogP contribution in [-0.2, 0) is 19.6 Å². The zero-order valence-electron chi connectivity index (χ0n) is 14.5. The average molecular weight is 395 g/mol. The summed E-state index contributed by atoms with van der Waals surface area (Å²) in [6.07, 6.45) is -0.844. The summed E-state index contributed by atoms with van der Waals surface area (Å²) in [6, 6.07) is 9.92. The highest BCUT2D eigenvalue weighted by Gasteiger charge is 2.19. The topological polar surface area (TPSA) is 122 Å². The summed E-state index contributed by atoms with van der Waals surface area (Å²) in [7, 11) is -4.13. The summed E-state index contributed by atoms with van der Waals surface area (Å²) >= 11 is 0. The van der Waals surface area contributed by atoms with E-state index in [2.05, 4.69) is 0 Å². The van der Waals surface area contributed by atoms with Gasteiger partial charge in [-0.15, -0.1) is 0 Å². The molecule has 0 amide bonds. The second kappa shape index (κ2) is 8.49. The van der Waals surface area contributed by atoms with E-state index in [-0.39, 0.29) is 28.7 Å². The molecule has 2 aromatic rings. The molecule has 0 heterocycles. The number of hydrogen-bond donors (Lipinski definition) is 0. The number of esters is 1. The lowest BCUT2D eigenvalue weighted by Gasteiger charge is -2.13. The van der Waals surface area contributed by atoms with Gasteiger partial charge in [0.1, 0.15) is 16.4 Å². The lowest BCUT2D eigenvalue weighted by molar-refractivity contribution is -0.384. The Bertz CT molecular complexity index is 907. The third-order valence-electron chi connectivity index (χ3n) is 3.30. The first kappa shape index (κ1) is 20.2. The molecule has 0 bridgehead atoms. The van der Waals surface area contributed by atoms with Crippen molar-refractivity contribution < 1.29 is 31.8 Å². The minimum Gasteiger partial charge on any atom is -0.479 e. The molecule has 10 heteroatoms. The van der Waals surface area contributed by atoms with E-state index in [1.54, 1.807) is 6.92 Å². The predicted molar refractivity (Wildman–Crippen MR) is 94.1 cm³/mol. The van der Waals surface area contributed by atoms with Gasteiger partial charge in [-0.1, -0.05) is 0 Å². The van der Waals surface area contributed by atoms with Gasteiger partial charge in [0.05, 0.1) is 11.5 Å². The largest absolute Gasteiger partial charge is 0.479 e. The van der Waals surface area contributed by atoms with Crippen molar-refractivity contribution >= 4 is 21.8 Å². The summed E-state index contributed by atoms with van der Waals surface area (Å²) < 4.78 is 39.7. The fraction of sp³-hybridized carbons (Fsp3) is 0.235. The molecule has 1 atom stereocenters. The number of non-ortho nitro benzene ring substituents is 1. The van der Waals surface area contributed by atoms with Crippen LogP contribution >= 0.6 is 0 Å². The number of rotatable bonds is 8. The Morgan fingerprint density at radius 3 is 2.15 bits per heavy atom. The molecule has 0 unspecified atom stereocenters. The van der Waals surface area contributed by atoms with Gasteiger partial charge in [-0.2, -0.15) is 8.42 Å². The first-order valence-corrected chi connectivity index (χ1v) is 9.26. The van der Waals surface area contributed by atoms with Crippen LogP contribution < -0.4 is 8.92 Å². The number of benzene rings is 2. The van der Waals surface area contributed by atoms with Crippen molar-refractivity contribution in [1.29, 1.82) is 0 Å². The fourth-order valence-electron chi connectivity index (χ4n) is 1.99. The van der Waals surface area contributed by atoms with E-state index in [4.69, 9.17) is 13.7 Å². The Hall–Kier alpha value is -3.14. The molecule has 0 aliphatic carbocycles. The van der Waals surface area contributed by atoms with E-state index >= 15 is 0 Å². The van der Waals surface area contributed by atoms with E-state index in [9.17, 15) is 23.3 Å². The Balaban J connectivity index is 2.08. The molecule has 2 rings (SSSR count). The monoisotopic (exact) mass is 395 g/mol. The van der Waals surface area contributed by atoms with Gasteiger partial charge in [-0.3, -0.25) is 10.1 Å². The maximum atomic E-state index is 12.3. The van der Waals surface area contributed by atoms with Crippen molar-refractivity contribution in [3.05, 3.63) is 58.6 Å². The zero-order valence-corrected chi connectivity index (χ0v) is 15.3. The van der Waals surface area contributed by atoms with E-state index < -0.39 is 27.1 Å². The lowest BCUT2D eigenvalue weighted by atomic mass is 10.3. The molecule has 27 heavy (non-hydrogen) atoms. The summed E-state index contributed by atoms with van der Waals surface area (Å²) in [4.78, 5) is 21.4. The van der Waals surface area contributed by atoms with Crippen LogP contribution in [0.4, 0.5) is 5.69 Å². The number of ether oxygens (including phenoxy) is 2. The molecule has 0 fully saturated rings.